The average Bonchev–Trinajstić information content (AvgIpc) is 2.13. The van der Waals surface area contributed by atoms with E-state index in [-0.39, 0.29) is 6.07 Å². The second kappa shape index (κ2) is 4.69. The zero-order chi connectivity index (χ0) is 14.1. The van der Waals surface area contributed by atoms with Gasteiger partial charge in [-0.05, 0) is 6.07 Å². The molecule has 1 amide bonds. The largest absolute Gasteiger partial charge is 0.530 e. The molecule has 0 atom stereocenters. The number of nitro groups is 1. The van der Waals surface area contributed by atoms with Crippen LogP contribution in [0.5, 0.6) is 0 Å². The zero-order valence-electron chi connectivity index (χ0n) is 8.25. The van der Waals surface area contributed by atoms with Crippen molar-refractivity contribution in [3.8, 4) is 0 Å². The molecule has 0 aliphatic carbocycles. The van der Waals surface area contributed by atoms with E-state index in [2.05, 4.69) is 0 Å². The Morgan fingerprint density at radius 2 is 1.94 bits per heavy atom. The van der Waals surface area contributed by atoms with Crippen LogP contribution >= 0.6 is 11.6 Å². The molecule has 1 N–H and O–H groups in total. The molecule has 10 heteroatoms. The number of rotatable bonds is 2. The highest BCUT2D eigenvalue weighted by atomic mass is 35.5. The van der Waals surface area contributed by atoms with Crippen molar-refractivity contribution in [2.45, 2.75) is 6.18 Å². The number of hydrogen-bond donors (Lipinski definition) is 1. The van der Waals surface area contributed by atoms with E-state index in [0.29, 0.717) is 6.07 Å². The molecule has 0 spiro atoms. The van der Waals surface area contributed by atoms with Crippen LogP contribution in [0.2, 0.25) is 5.02 Å². The minimum Gasteiger partial charge on any atom is -0.530 e. The van der Waals surface area contributed by atoms with E-state index in [1.165, 1.54) is 5.32 Å². The van der Waals surface area contributed by atoms with E-state index < -0.39 is 39.2 Å². The van der Waals surface area contributed by atoms with Gasteiger partial charge in [-0.1, -0.05) is 11.6 Å². The molecule has 0 heterocycles. The number of nitro benzene ring substituents is 1. The van der Waals surface area contributed by atoms with Gasteiger partial charge in [-0.25, -0.2) is 0 Å². The van der Waals surface area contributed by atoms with Crippen molar-refractivity contribution >= 4 is 29.1 Å². The highest BCUT2D eigenvalue weighted by molar-refractivity contribution is 6.32. The van der Waals surface area contributed by atoms with Gasteiger partial charge in [0.15, 0.2) is 0 Å². The van der Waals surface area contributed by atoms with Crippen LogP contribution < -0.4 is 10.4 Å². The van der Waals surface area contributed by atoms with Crippen molar-refractivity contribution in [2.24, 2.45) is 0 Å². The fraction of sp³-hybridized carbons (Fsp3) is 0.125. The third-order valence-corrected chi connectivity index (χ3v) is 2.14. The SMILES string of the molecule is O=C([O-])Nc1cc(Cl)c(C(F)(F)F)cc1[N+](=O)[O-]. The second-order valence-electron chi connectivity index (χ2n) is 3.02. The number of carbonyl (C=O) groups excluding carboxylic acids is 1. The molecule has 0 radical (unpaired) electrons. The summed E-state index contributed by atoms with van der Waals surface area (Å²) in [5.41, 5.74) is -3.20. The van der Waals surface area contributed by atoms with Crippen LogP contribution in [0.4, 0.5) is 29.3 Å². The Labute approximate surface area is 102 Å². The van der Waals surface area contributed by atoms with Crippen molar-refractivity contribution in [3.63, 3.8) is 0 Å². The van der Waals surface area contributed by atoms with Gasteiger partial charge in [-0.15, -0.1) is 0 Å². The van der Waals surface area contributed by atoms with Crippen molar-refractivity contribution in [2.75, 3.05) is 5.32 Å². The normalized spacial score (nSPS) is 11.1. The van der Waals surface area contributed by atoms with Gasteiger partial charge in [0.1, 0.15) is 11.8 Å². The lowest BCUT2D eigenvalue weighted by molar-refractivity contribution is -0.384. The topological polar surface area (TPSA) is 95.3 Å². The first-order chi connectivity index (χ1) is 8.12. The summed E-state index contributed by atoms with van der Waals surface area (Å²) in [6.07, 6.45) is -6.80. The number of amides is 1. The maximum atomic E-state index is 12.4. The van der Waals surface area contributed by atoms with Gasteiger partial charge in [0.05, 0.1) is 15.5 Å². The molecule has 0 bridgehead atoms. The predicted molar refractivity (Wildman–Crippen MR) is 52.1 cm³/mol. The van der Waals surface area contributed by atoms with Gasteiger partial charge < -0.3 is 15.2 Å². The van der Waals surface area contributed by atoms with E-state index in [9.17, 15) is 33.2 Å². The summed E-state index contributed by atoms with van der Waals surface area (Å²) in [6.45, 7) is 0. The average molecular weight is 284 g/mol. The Morgan fingerprint density at radius 1 is 1.39 bits per heavy atom. The van der Waals surface area contributed by atoms with Crippen molar-refractivity contribution in [1.29, 1.82) is 0 Å². The molecule has 0 saturated heterocycles. The molecule has 0 fully saturated rings. The Morgan fingerprint density at radius 3 is 2.33 bits per heavy atom. The van der Waals surface area contributed by atoms with E-state index >= 15 is 0 Å². The maximum Gasteiger partial charge on any atom is 0.418 e. The van der Waals surface area contributed by atoms with Gasteiger partial charge >= 0.3 is 6.18 Å². The molecule has 0 saturated carbocycles. The predicted octanol–water partition coefficient (Wildman–Crippen LogP) is 2.02. The summed E-state index contributed by atoms with van der Waals surface area (Å²) in [6, 6.07) is 0.645. The first-order valence-corrected chi connectivity index (χ1v) is 4.54. The lowest BCUT2D eigenvalue weighted by atomic mass is 10.1. The molecule has 0 aliphatic rings. The molecule has 1 rings (SSSR count). The third-order valence-electron chi connectivity index (χ3n) is 1.82. The molecule has 6 nitrogen and oxygen atoms in total. The first-order valence-electron chi connectivity index (χ1n) is 4.16. The van der Waals surface area contributed by atoms with Crippen molar-refractivity contribution in [1.82, 2.24) is 0 Å². The standard InChI is InChI=1S/C8H4ClF3N2O4/c9-4-2-5(13-7(15)16)6(14(17)18)1-3(4)8(10,11)12/h1-2,13H,(H,15,16)/p-1. The second-order valence-corrected chi connectivity index (χ2v) is 3.42. The number of alkyl halides is 3. The fourth-order valence-corrected chi connectivity index (χ4v) is 1.41. The summed E-state index contributed by atoms with van der Waals surface area (Å²) < 4.78 is 37.3. The fourth-order valence-electron chi connectivity index (χ4n) is 1.14. The molecular weight excluding hydrogens is 281 g/mol. The van der Waals surface area contributed by atoms with Crippen LogP contribution in [-0.4, -0.2) is 11.0 Å². The van der Waals surface area contributed by atoms with Gasteiger partial charge in [0, 0.05) is 6.07 Å². The van der Waals surface area contributed by atoms with Crippen molar-refractivity contribution in [3.05, 3.63) is 32.8 Å². The summed E-state index contributed by atoms with van der Waals surface area (Å²) >= 11 is 5.28. The highest BCUT2D eigenvalue weighted by Gasteiger charge is 2.36. The Hall–Kier alpha value is -2.03. The van der Waals surface area contributed by atoms with Crippen LogP contribution in [0.15, 0.2) is 12.1 Å². The lowest BCUT2D eigenvalue weighted by Gasteiger charge is -2.12. The van der Waals surface area contributed by atoms with E-state index in [0.717, 1.165) is 0 Å². The highest BCUT2D eigenvalue weighted by Crippen LogP contribution is 2.40. The number of halogens is 4. The number of benzene rings is 1. The number of nitrogens with one attached hydrogen (secondary N) is 1. The number of carboxylic acid groups (broad SMARTS) is 1. The summed E-state index contributed by atoms with van der Waals surface area (Å²) in [4.78, 5) is 19.6. The smallest absolute Gasteiger partial charge is 0.418 e. The minimum absolute atomic E-state index is 0.146. The number of anilines is 1. The summed E-state index contributed by atoms with van der Waals surface area (Å²) in [5, 5.41) is 21.4. The van der Waals surface area contributed by atoms with Crippen LogP contribution in [0.1, 0.15) is 5.56 Å². The van der Waals surface area contributed by atoms with Crippen LogP contribution in [0.3, 0.4) is 0 Å². The zero-order valence-corrected chi connectivity index (χ0v) is 9.00. The van der Waals surface area contributed by atoms with Gasteiger partial charge in [-0.2, -0.15) is 13.2 Å². The molecule has 0 aromatic heterocycles. The Balaban J connectivity index is 3.44. The number of nitrogens with zero attached hydrogens (tertiary/aromatic N) is 1. The molecule has 18 heavy (non-hydrogen) atoms. The quantitative estimate of drug-likeness (QED) is 0.663. The summed E-state index contributed by atoms with van der Waals surface area (Å²) in [7, 11) is 0. The van der Waals surface area contributed by atoms with Crippen LogP contribution in [-0.2, 0) is 6.18 Å². The number of hydrogen-bond acceptors (Lipinski definition) is 4. The summed E-state index contributed by atoms with van der Waals surface area (Å²) in [5.74, 6) is 0. The van der Waals surface area contributed by atoms with Gasteiger partial charge in [-0.3, -0.25) is 10.1 Å². The molecule has 98 valence electrons. The van der Waals surface area contributed by atoms with E-state index in [1.807, 2.05) is 0 Å². The molecule has 0 aliphatic heterocycles. The van der Waals surface area contributed by atoms with Crippen molar-refractivity contribution < 1.29 is 28.0 Å². The lowest BCUT2D eigenvalue weighted by Crippen LogP contribution is -2.29. The Bertz CT molecular complexity index is 518. The molecule has 1 aromatic rings. The van der Waals surface area contributed by atoms with E-state index in [1.54, 1.807) is 0 Å². The van der Waals surface area contributed by atoms with Crippen LogP contribution in [0, 0.1) is 10.1 Å². The molecule has 1 aromatic carbocycles. The maximum absolute atomic E-state index is 12.4. The number of carbonyl (C=O) groups is 1. The minimum atomic E-state index is -4.89. The monoisotopic (exact) mass is 283 g/mol. The molecule has 0 unspecified atom stereocenters. The molecular formula is C8H3ClF3N2O4-. The van der Waals surface area contributed by atoms with Crippen LogP contribution in [0.25, 0.3) is 0 Å². The third kappa shape index (κ3) is 3.00. The Kier molecular flexibility index (Phi) is 3.65. The van der Waals surface area contributed by atoms with E-state index in [4.69, 9.17) is 11.6 Å². The van der Waals surface area contributed by atoms with Gasteiger partial charge in [0.2, 0.25) is 0 Å². The first kappa shape index (κ1) is 14.0. The van der Waals surface area contributed by atoms with Gasteiger partial charge in [0.25, 0.3) is 5.69 Å².